The van der Waals surface area contributed by atoms with Crippen LogP contribution in [0.1, 0.15) is 27.8 Å². The number of halogens is 1. The highest BCUT2D eigenvalue weighted by Gasteiger charge is 2.25. The van der Waals surface area contributed by atoms with Crippen LogP contribution in [0.4, 0.5) is 4.79 Å². The molecule has 1 aliphatic rings. The van der Waals surface area contributed by atoms with Gasteiger partial charge < -0.3 is 14.1 Å². The molecule has 2 aromatic rings. The highest BCUT2D eigenvalue weighted by Crippen LogP contribution is 2.23. The summed E-state index contributed by atoms with van der Waals surface area (Å²) in [6.07, 6.45) is 1.19. The zero-order valence-electron chi connectivity index (χ0n) is 13.6. The summed E-state index contributed by atoms with van der Waals surface area (Å²) >= 11 is 5.89. The first-order chi connectivity index (χ1) is 12.0. The minimum Gasteiger partial charge on any atom is -0.469 e. The SMILES string of the molecule is Cc1occc1C(=O)NNC(=O)N1CCOC(c2ccc(Cl)cc2)C1. The summed E-state index contributed by atoms with van der Waals surface area (Å²) in [7, 11) is 0. The van der Waals surface area contributed by atoms with Crippen LogP contribution in [0.3, 0.4) is 0 Å². The number of benzene rings is 1. The van der Waals surface area contributed by atoms with E-state index in [0.717, 1.165) is 5.56 Å². The van der Waals surface area contributed by atoms with Crippen molar-refractivity contribution in [2.75, 3.05) is 19.7 Å². The highest BCUT2D eigenvalue weighted by atomic mass is 35.5. The van der Waals surface area contributed by atoms with Crippen molar-refractivity contribution in [3.8, 4) is 0 Å². The molecule has 7 nitrogen and oxygen atoms in total. The van der Waals surface area contributed by atoms with E-state index in [1.807, 2.05) is 12.1 Å². The van der Waals surface area contributed by atoms with E-state index in [1.54, 1.807) is 30.0 Å². The van der Waals surface area contributed by atoms with Crippen molar-refractivity contribution in [3.63, 3.8) is 0 Å². The molecule has 3 amide bonds. The summed E-state index contributed by atoms with van der Waals surface area (Å²) in [5.41, 5.74) is 6.13. The zero-order chi connectivity index (χ0) is 17.8. The number of amides is 3. The van der Waals surface area contributed by atoms with Crippen molar-refractivity contribution in [1.82, 2.24) is 15.8 Å². The largest absolute Gasteiger partial charge is 0.469 e. The lowest BCUT2D eigenvalue weighted by atomic mass is 10.1. The second-order valence-electron chi connectivity index (χ2n) is 5.63. The van der Waals surface area contributed by atoms with Crippen LogP contribution < -0.4 is 10.9 Å². The van der Waals surface area contributed by atoms with Gasteiger partial charge in [-0.3, -0.25) is 10.2 Å². The van der Waals surface area contributed by atoms with Crippen LogP contribution in [0.15, 0.2) is 41.0 Å². The third-order valence-electron chi connectivity index (χ3n) is 3.98. The summed E-state index contributed by atoms with van der Waals surface area (Å²) in [4.78, 5) is 25.9. The maximum Gasteiger partial charge on any atom is 0.336 e. The third-order valence-corrected chi connectivity index (χ3v) is 4.23. The minimum atomic E-state index is -0.429. The van der Waals surface area contributed by atoms with E-state index in [1.165, 1.54) is 6.26 Å². The first kappa shape index (κ1) is 17.3. The molecule has 2 N–H and O–H groups in total. The molecule has 1 saturated heterocycles. The minimum absolute atomic E-state index is 0.233. The number of ether oxygens (including phenoxy) is 1. The highest BCUT2D eigenvalue weighted by molar-refractivity contribution is 6.30. The Bertz CT molecular complexity index is 760. The number of nitrogens with zero attached hydrogens (tertiary/aromatic N) is 1. The predicted molar refractivity (Wildman–Crippen MR) is 91.2 cm³/mol. The number of carbonyl (C=O) groups excluding carboxylic acids is 2. The van der Waals surface area contributed by atoms with Crippen molar-refractivity contribution < 1.29 is 18.7 Å². The van der Waals surface area contributed by atoms with Crippen LogP contribution in [0, 0.1) is 6.92 Å². The van der Waals surface area contributed by atoms with Crippen LogP contribution >= 0.6 is 11.6 Å². The van der Waals surface area contributed by atoms with Crippen LogP contribution in [0.2, 0.25) is 5.02 Å². The standard InChI is InChI=1S/C17H18ClN3O4/c1-11-14(6-8-24-11)16(22)19-20-17(23)21-7-9-25-15(10-21)12-2-4-13(18)5-3-12/h2-6,8,15H,7,9-10H2,1H3,(H,19,22)(H,20,23). The van der Waals surface area contributed by atoms with Crippen molar-refractivity contribution in [3.05, 3.63) is 58.5 Å². The Hall–Kier alpha value is -2.51. The number of hydrogen-bond donors (Lipinski definition) is 2. The first-order valence-electron chi connectivity index (χ1n) is 7.81. The molecule has 0 bridgehead atoms. The van der Waals surface area contributed by atoms with Gasteiger partial charge in [0.2, 0.25) is 0 Å². The monoisotopic (exact) mass is 363 g/mol. The normalized spacial score (nSPS) is 17.2. The van der Waals surface area contributed by atoms with Gasteiger partial charge in [0.15, 0.2) is 0 Å². The molecule has 1 fully saturated rings. The van der Waals surface area contributed by atoms with Crippen molar-refractivity contribution in [1.29, 1.82) is 0 Å². The van der Waals surface area contributed by atoms with Crippen molar-refractivity contribution >= 4 is 23.5 Å². The smallest absolute Gasteiger partial charge is 0.336 e. The molecule has 3 rings (SSSR count). The molecule has 1 aromatic carbocycles. The molecule has 132 valence electrons. The Morgan fingerprint density at radius 3 is 2.64 bits per heavy atom. The fourth-order valence-corrected chi connectivity index (χ4v) is 2.72. The maximum atomic E-state index is 12.3. The lowest BCUT2D eigenvalue weighted by Gasteiger charge is -2.33. The average Bonchev–Trinajstić information content (AvgIpc) is 3.06. The third kappa shape index (κ3) is 4.12. The van der Waals surface area contributed by atoms with Crippen LogP contribution in [0.5, 0.6) is 0 Å². The number of rotatable bonds is 2. The Morgan fingerprint density at radius 1 is 1.20 bits per heavy atom. The van der Waals surface area contributed by atoms with E-state index in [4.69, 9.17) is 20.8 Å². The molecule has 0 saturated carbocycles. The summed E-state index contributed by atoms with van der Waals surface area (Å²) in [5, 5.41) is 0.645. The van der Waals surface area contributed by atoms with Gasteiger partial charge in [0.05, 0.1) is 25.0 Å². The Labute approximate surface area is 149 Å². The van der Waals surface area contributed by atoms with E-state index in [0.29, 0.717) is 36.0 Å². The predicted octanol–water partition coefficient (Wildman–Crippen LogP) is 2.67. The van der Waals surface area contributed by atoms with Gasteiger partial charge >= 0.3 is 6.03 Å². The molecule has 8 heteroatoms. The molecular formula is C17H18ClN3O4. The first-order valence-corrected chi connectivity index (χ1v) is 8.19. The number of nitrogens with one attached hydrogen (secondary N) is 2. The number of morpholine rings is 1. The van der Waals surface area contributed by atoms with Gasteiger partial charge in [0.1, 0.15) is 11.9 Å². The molecule has 0 spiro atoms. The second kappa shape index (κ2) is 7.58. The molecule has 1 atom stereocenters. The molecule has 2 heterocycles. The van der Waals surface area contributed by atoms with Crippen LogP contribution in [0.25, 0.3) is 0 Å². The van der Waals surface area contributed by atoms with Gasteiger partial charge in [-0.25, -0.2) is 10.2 Å². The number of urea groups is 1. The zero-order valence-corrected chi connectivity index (χ0v) is 14.4. The summed E-state index contributed by atoms with van der Waals surface area (Å²) in [6, 6.07) is 8.47. The quantitative estimate of drug-likeness (QED) is 0.803. The maximum absolute atomic E-state index is 12.3. The van der Waals surface area contributed by atoms with Crippen molar-refractivity contribution in [2.45, 2.75) is 13.0 Å². The van der Waals surface area contributed by atoms with Crippen molar-refractivity contribution in [2.24, 2.45) is 0 Å². The van der Waals surface area contributed by atoms with E-state index in [2.05, 4.69) is 10.9 Å². The van der Waals surface area contributed by atoms with Gasteiger partial charge in [-0.15, -0.1) is 0 Å². The van der Waals surface area contributed by atoms with E-state index >= 15 is 0 Å². The summed E-state index contributed by atoms with van der Waals surface area (Å²) < 4.78 is 10.8. The van der Waals surface area contributed by atoms with Gasteiger partial charge in [0, 0.05) is 11.6 Å². The van der Waals surface area contributed by atoms with E-state index < -0.39 is 11.9 Å². The molecule has 0 aliphatic carbocycles. The lowest BCUT2D eigenvalue weighted by Crippen LogP contribution is -2.52. The lowest BCUT2D eigenvalue weighted by molar-refractivity contribution is -0.0158. The summed E-state index contributed by atoms with van der Waals surface area (Å²) in [6.45, 7) is 2.91. The topological polar surface area (TPSA) is 83.8 Å². The fourth-order valence-electron chi connectivity index (χ4n) is 2.59. The number of carbonyl (C=O) groups is 2. The van der Waals surface area contributed by atoms with Crippen LogP contribution in [-0.4, -0.2) is 36.5 Å². The number of aryl methyl sites for hydroxylation is 1. The average molecular weight is 364 g/mol. The number of furan rings is 1. The Morgan fingerprint density at radius 2 is 1.96 bits per heavy atom. The Kier molecular flexibility index (Phi) is 5.25. The molecule has 0 radical (unpaired) electrons. The molecule has 1 aromatic heterocycles. The number of hydrogen-bond acceptors (Lipinski definition) is 4. The van der Waals surface area contributed by atoms with E-state index in [9.17, 15) is 9.59 Å². The van der Waals surface area contributed by atoms with Gasteiger partial charge in [-0.2, -0.15) is 0 Å². The Balaban J connectivity index is 1.56. The fraction of sp³-hybridized carbons (Fsp3) is 0.294. The van der Waals surface area contributed by atoms with Crippen LogP contribution in [-0.2, 0) is 4.74 Å². The number of hydrazine groups is 1. The van der Waals surface area contributed by atoms with Gasteiger partial charge in [-0.1, -0.05) is 23.7 Å². The summed E-state index contributed by atoms with van der Waals surface area (Å²) in [5.74, 6) is 0.0584. The molecular weight excluding hydrogens is 346 g/mol. The molecule has 1 unspecified atom stereocenters. The van der Waals surface area contributed by atoms with Gasteiger partial charge in [0.25, 0.3) is 5.91 Å². The van der Waals surface area contributed by atoms with E-state index in [-0.39, 0.29) is 6.10 Å². The van der Waals surface area contributed by atoms with Gasteiger partial charge in [-0.05, 0) is 30.7 Å². The molecule has 1 aliphatic heterocycles. The second-order valence-corrected chi connectivity index (χ2v) is 6.07. The molecule has 25 heavy (non-hydrogen) atoms.